The van der Waals surface area contributed by atoms with E-state index in [1.54, 1.807) is 4.90 Å². The molecule has 0 aromatic rings. The van der Waals surface area contributed by atoms with Gasteiger partial charge in [0, 0.05) is 0 Å². The Morgan fingerprint density at radius 2 is 1.83 bits per heavy atom. The Hall–Kier alpha value is -1.32. The third-order valence-electron chi connectivity index (χ3n) is 4.13. The van der Waals surface area contributed by atoms with Gasteiger partial charge in [0.1, 0.15) is 17.8 Å². The van der Waals surface area contributed by atoms with Gasteiger partial charge in [-0.25, -0.2) is 4.79 Å². The van der Waals surface area contributed by atoms with Crippen molar-refractivity contribution in [2.24, 2.45) is 0 Å². The third-order valence-corrected chi connectivity index (χ3v) is 4.13. The minimum absolute atomic E-state index is 0.125. The molecule has 0 saturated carbocycles. The van der Waals surface area contributed by atoms with Crippen molar-refractivity contribution in [2.45, 2.75) is 96.5 Å². The molecule has 0 radical (unpaired) electrons. The van der Waals surface area contributed by atoms with E-state index in [1.807, 2.05) is 34.6 Å². The fraction of sp³-hybridized carbons (Fsp3) is 0.882. The molecule has 0 aliphatic carbocycles. The van der Waals surface area contributed by atoms with Gasteiger partial charge in [0.2, 0.25) is 0 Å². The Morgan fingerprint density at radius 1 is 1.26 bits per heavy atom. The summed E-state index contributed by atoms with van der Waals surface area (Å²) in [6.07, 6.45) is 1.03. The maximum atomic E-state index is 12.7. The van der Waals surface area contributed by atoms with Crippen molar-refractivity contribution in [3.63, 3.8) is 0 Å². The Kier molecular flexibility index (Phi) is 4.93. The molecule has 2 heterocycles. The highest BCUT2D eigenvalue weighted by atomic mass is 16.8. The van der Waals surface area contributed by atoms with Gasteiger partial charge >= 0.3 is 6.09 Å². The standard InChI is InChI=1S/C17H28N2O4/c1-7-8-11-13-14(22-17(5,6)21-13)12(9-10-18)19(11)15(20)23-16(2,3)4/h11-14H,7-9H2,1-6H3/t11-,12+,13+,14?/m1/s1. The number of nitriles is 1. The van der Waals surface area contributed by atoms with Crippen LogP contribution in [0.2, 0.25) is 0 Å². The Morgan fingerprint density at radius 3 is 2.30 bits per heavy atom. The number of rotatable bonds is 3. The van der Waals surface area contributed by atoms with Crippen LogP contribution in [-0.4, -0.2) is 46.7 Å². The Balaban J connectivity index is 2.30. The van der Waals surface area contributed by atoms with Crippen LogP contribution in [0.4, 0.5) is 4.79 Å². The van der Waals surface area contributed by atoms with Gasteiger partial charge in [-0.1, -0.05) is 13.3 Å². The van der Waals surface area contributed by atoms with Crippen molar-refractivity contribution in [2.75, 3.05) is 0 Å². The monoisotopic (exact) mass is 324 g/mol. The number of fused-ring (bicyclic) bond motifs is 1. The fourth-order valence-electron chi connectivity index (χ4n) is 3.47. The van der Waals surface area contributed by atoms with Crippen LogP contribution in [0, 0.1) is 11.3 Å². The summed E-state index contributed by atoms with van der Waals surface area (Å²) in [5, 5.41) is 9.20. The summed E-state index contributed by atoms with van der Waals surface area (Å²) in [4.78, 5) is 14.4. The number of carbonyl (C=O) groups excluding carboxylic acids is 1. The van der Waals surface area contributed by atoms with Crippen molar-refractivity contribution >= 4 is 6.09 Å². The van der Waals surface area contributed by atoms with Crippen LogP contribution >= 0.6 is 0 Å². The average molecular weight is 324 g/mol. The van der Waals surface area contributed by atoms with E-state index in [1.165, 1.54) is 0 Å². The molecule has 0 N–H and O–H groups in total. The van der Waals surface area contributed by atoms with Crippen LogP contribution in [-0.2, 0) is 14.2 Å². The predicted molar refractivity (Wildman–Crippen MR) is 84.6 cm³/mol. The summed E-state index contributed by atoms with van der Waals surface area (Å²) >= 11 is 0. The number of carbonyl (C=O) groups is 1. The minimum Gasteiger partial charge on any atom is -0.444 e. The molecule has 6 heteroatoms. The lowest BCUT2D eigenvalue weighted by Crippen LogP contribution is -2.48. The number of likely N-dealkylation sites (tertiary alicyclic amines) is 1. The van der Waals surface area contributed by atoms with E-state index in [0.717, 1.165) is 12.8 Å². The quantitative estimate of drug-likeness (QED) is 0.797. The first-order valence-electron chi connectivity index (χ1n) is 8.33. The van der Waals surface area contributed by atoms with Crippen LogP contribution in [0.25, 0.3) is 0 Å². The zero-order valence-corrected chi connectivity index (χ0v) is 15.0. The molecule has 23 heavy (non-hydrogen) atoms. The lowest BCUT2D eigenvalue weighted by Gasteiger charge is -2.34. The molecule has 2 aliphatic heterocycles. The van der Waals surface area contributed by atoms with Crippen molar-refractivity contribution < 1.29 is 19.0 Å². The molecule has 0 bridgehead atoms. The molecule has 2 fully saturated rings. The second-order valence-corrected chi connectivity index (χ2v) is 7.74. The van der Waals surface area contributed by atoms with Gasteiger partial charge in [-0.2, -0.15) is 5.26 Å². The summed E-state index contributed by atoms with van der Waals surface area (Å²) < 4.78 is 17.6. The lowest BCUT2D eigenvalue weighted by molar-refractivity contribution is -0.166. The Bertz CT molecular complexity index is 492. The van der Waals surface area contributed by atoms with E-state index in [0.29, 0.717) is 0 Å². The molecule has 6 nitrogen and oxygen atoms in total. The fourth-order valence-corrected chi connectivity index (χ4v) is 3.47. The minimum atomic E-state index is -0.685. The molecule has 130 valence electrons. The first kappa shape index (κ1) is 18.0. The smallest absolute Gasteiger partial charge is 0.411 e. The molecule has 2 rings (SSSR count). The summed E-state index contributed by atoms with van der Waals surface area (Å²) in [7, 11) is 0. The molecule has 0 aromatic heterocycles. The second-order valence-electron chi connectivity index (χ2n) is 7.74. The lowest BCUT2D eigenvalue weighted by atomic mass is 10.0. The molecule has 0 spiro atoms. The highest BCUT2D eigenvalue weighted by molar-refractivity contribution is 5.70. The summed E-state index contributed by atoms with van der Waals surface area (Å²) in [5.74, 6) is -0.685. The molecule has 2 aliphatic rings. The number of nitrogens with zero attached hydrogens (tertiary/aromatic N) is 2. The van der Waals surface area contributed by atoms with E-state index in [9.17, 15) is 10.1 Å². The number of amides is 1. The van der Waals surface area contributed by atoms with Crippen LogP contribution in [0.5, 0.6) is 0 Å². The molecule has 1 unspecified atom stereocenters. The molecule has 1 amide bonds. The third kappa shape index (κ3) is 3.78. The molecule has 0 aromatic carbocycles. The normalized spacial score (nSPS) is 32.5. The summed E-state index contributed by atoms with van der Waals surface area (Å²) in [5.41, 5.74) is -0.580. The van der Waals surface area contributed by atoms with Gasteiger partial charge in [-0.05, 0) is 41.0 Å². The highest BCUT2D eigenvalue weighted by Gasteiger charge is 2.59. The van der Waals surface area contributed by atoms with Crippen LogP contribution in [0.3, 0.4) is 0 Å². The molecule has 2 saturated heterocycles. The SMILES string of the molecule is CCC[C@@H]1[C@@H]2OC(C)(C)OC2[C@H](CC#N)N1C(=O)OC(C)(C)C. The van der Waals surface area contributed by atoms with E-state index in [2.05, 4.69) is 13.0 Å². The molecule has 4 atom stereocenters. The van der Waals surface area contributed by atoms with Gasteiger partial charge in [0.15, 0.2) is 5.79 Å². The maximum Gasteiger partial charge on any atom is 0.411 e. The largest absolute Gasteiger partial charge is 0.444 e. The second kappa shape index (κ2) is 6.29. The van der Waals surface area contributed by atoms with Crippen molar-refractivity contribution in [1.82, 2.24) is 4.90 Å². The number of hydrogen-bond donors (Lipinski definition) is 0. The first-order chi connectivity index (χ1) is 10.6. The zero-order valence-electron chi connectivity index (χ0n) is 15.0. The highest BCUT2D eigenvalue weighted by Crippen LogP contribution is 2.43. The van der Waals surface area contributed by atoms with Crippen molar-refractivity contribution in [3.05, 3.63) is 0 Å². The molecular weight excluding hydrogens is 296 g/mol. The van der Waals surface area contributed by atoms with E-state index >= 15 is 0 Å². The van der Waals surface area contributed by atoms with Crippen LogP contribution < -0.4 is 0 Å². The molecular formula is C17H28N2O4. The van der Waals surface area contributed by atoms with Gasteiger partial charge < -0.3 is 14.2 Å². The van der Waals surface area contributed by atoms with E-state index < -0.39 is 17.5 Å². The van der Waals surface area contributed by atoms with Gasteiger partial charge in [0.25, 0.3) is 0 Å². The number of ether oxygens (including phenoxy) is 3. The number of hydrogen-bond acceptors (Lipinski definition) is 5. The first-order valence-corrected chi connectivity index (χ1v) is 8.33. The van der Waals surface area contributed by atoms with E-state index in [4.69, 9.17) is 14.2 Å². The van der Waals surface area contributed by atoms with Crippen molar-refractivity contribution in [3.8, 4) is 6.07 Å². The topological polar surface area (TPSA) is 71.8 Å². The Labute approximate surface area is 138 Å². The predicted octanol–water partition coefficient (Wildman–Crippen LogP) is 3.21. The van der Waals surface area contributed by atoms with Crippen LogP contribution in [0.15, 0.2) is 0 Å². The van der Waals surface area contributed by atoms with Gasteiger partial charge in [-0.3, -0.25) is 4.90 Å². The zero-order chi connectivity index (χ0) is 17.4. The summed E-state index contributed by atoms with van der Waals surface area (Å²) in [6, 6.07) is 1.71. The van der Waals surface area contributed by atoms with E-state index in [-0.39, 0.29) is 30.7 Å². The van der Waals surface area contributed by atoms with Gasteiger partial charge in [0.05, 0.1) is 24.6 Å². The van der Waals surface area contributed by atoms with Gasteiger partial charge in [-0.15, -0.1) is 0 Å². The average Bonchev–Trinajstić information content (AvgIpc) is 2.82. The summed E-state index contributed by atoms with van der Waals surface area (Å²) in [6.45, 7) is 11.3. The van der Waals surface area contributed by atoms with Crippen molar-refractivity contribution in [1.29, 1.82) is 5.26 Å². The van der Waals surface area contributed by atoms with Crippen LogP contribution in [0.1, 0.15) is 60.8 Å². The maximum absolute atomic E-state index is 12.7.